The molecule has 1 rings (SSSR count). The van der Waals surface area contributed by atoms with E-state index in [0.29, 0.717) is 18.9 Å². The Morgan fingerprint density at radius 2 is 1.96 bits per heavy atom. The van der Waals surface area contributed by atoms with Crippen LogP contribution in [0.25, 0.3) is 0 Å². The maximum atomic E-state index is 12.9. The van der Waals surface area contributed by atoms with E-state index in [0.717, 1.165) is 25.2 Å². The number of sulfone groups is 1. The van der Waals surface area contributed by atoms with Crippen LogP contribution in [0.4, 0.5) is 4.39 Å². The van der Waals surface area contributed by atoms with Gasteiger partial charge in [-0.05, 0) is 45.0 Å². The fraction of sp³-hybridized carbons (Fsp3) is 0.611. The Bertz CT molecular complexity index is 662. The van der Waals surface area contributed by atoms with E-state index in [-0.39, 0.29) is 17.6 Å². The summed E-state index contributed by atoms with van der Waals surface area (Å²) in [5.41, 5.74) is 1.05. The predicted molar refractivity (Wildman–Crippen MR) is 106 cm³/mol. The minimum atomic E-state index is -2.96. The topological polar surface area (TPSA) is 73.8 Å². The average molecular weight is 387 g/mol. The first-order valence-electron chi connectivity index (χ1n) is 8.85. The molecule has 0 fully saturated rings. The molecular formula is C18H31FN4O2S. The fourth-order valence-electron chi connectivity index (χ4n) is 2.33. The van der Waals surface area contributed by atoms with Gasteiger partial charge in [0, 0.05) is 31.9 Å². The van der Waals surface area contributed by atoms with Gasteiger partial charge in [-0.15, -0.1) is 0 Å². The number of guanidine groups is 1. The third-order valence-corrected chi connectivity index (χ3v) is 4.74. The van der Waals surface area contributed by atoms with Crippen molar-refractivity contribution in [3.8, 4) is 0 Å². The number of nitrogens with one attached hydrogen (secondary N) is 2. The van der Waals surface area contributed by atoms with Gasteiger partial charge in [-0.2, -0.15) is 0 Å². The van der Waals surface area contributed by atoms with Crippen LogP contribution in [0.15, 0.2) is 29.3 Å². The molecule has 0 saturated carbocycles. The highest BCUT2D eigenvalue weighted by atomic mass is 32.2. The molecule has 0 bridgehead atoms. The quantitative estimate of drug-likeness (QED) is 0.472. The summed E-state index contributed by atoms with van der Waals surface area (Å²) in [7, 11) is -0.964. The molecule has 0 spiro atoms. The Hall–Kier alpha value is -1.67. The Morgan fingerprint density at radius 3 is 2.54 bits per heavy atom. The molecule has 0 saturated heterocycles. The third kappa shape index (κ3) is 10.4. The second-order valence-corrected chi connectivity index (χ2v) is 8.85. The first-order chi connectivity index (χ1) is 12.2. The standard InChI is InChI=1S/C18H31FN4O2S/c1-5-20-18(22-15(2)10-13-26(4,24)25)21-11-12-23(3)14-16-6-8-17(19)9-7-16/h6-9,15H,5,10-14H2,1-4H3,(H2,20,21,22). The second-order valence-electron chi connectivity index (χ2n) is 6.59. The van der Waals surface area contributed by atoms with Crippen LogP contribution in [0.1, 0.15) is 25.8 Å². The molecule has 148 valence electrons. The second kappa shape index (κ2) is 11.1. The lowest BCUT2D eigenvalue weighted by Crippen LogP contribution is -2.43. The summed E-state index contributed by atoms with van der Waals surface area (Å²) < 4.78 is 35.5. The maximum absolute atomic E-state index is 12.9. The smallest absolute Gasteiger partial charge is 0.191 e. The average Bonchev–Trinajstić information content (AvgIpc) is 2.54. The van der Waals surface area contributed by atoms with E-state index < -0.39 is 9.84 Å². The summed E-state index contributed by atoms with van der Waals surface area (Å²) in [6.07, 6.45) is 1.78. The zero-order valence-corrected chi connectivity index (χ0v) is 16.9. The van der Waals surface area contributed by atoms with Gasteiger partial charge in [0.15, 0.2) is 5.96 Å². The number of hydrogen-bond acceptors (Lipinski definition) is 4. The number of nitrogens with zero attached hydrogens (tertiary/aromatic N) is 2. The largest absolute Gasteiger partial charge is 0.357 e. The van der Waals surface area contributed by atoms with Crippen LogP contribution in [0.3, 0.4) is 0 Å². The maximum Gasteiger partial charge on any atom is 0.191 e. The first-order valence-corrected chi connectivity index (χ1v) is 10.9. The predicted octanol–water partition coefficient (Wildman–Crippen LogP) is 1.64. The minimum Gasteiger partial charge on any atom is -0.357 e. The van der Waals surface area contributed by atoms with Gasteiger partial charge in [0.05, 0.1) is 12.3 Å². The van der Waals surface area contributed by atoms with E-state index in [4.69, 9.17) is 0 Å². The van der Waals surface area contributed by atoms with Crippen molar-refractivity contribution in [3.05, 3.63) is 35.6 Å². The molecule has 0 aliphatic heterocycles. The first kappa shape index (κ1) is 22.4. The molecule has 8 heteroatoms. The van der Waals surface area contributed by atoms with E-state index >= 15 is 0 Å². The molecule has 0 aliphatic rings. The van der Waals surface area contributed by atoms with Crippen molar-refractivity contribution in [2.75, 3.05) is 38.7 Å². The summed E-state index contributed by atoms with van der Waals surface area (Å²) >= 11 is 0. The van der Waals surface area contributed by atoms with Crippen molar-refractivity contribution in [2.45, 2.75) is 32.9 Å². The summed E-state index contributed by atoms with van der Waals surface area (Å²) in [6, 6.07) is 6.51. The number of rotatable bonds is 10. The Morgan fingerprint density at radius 1 is 1.31 bits per heavy atom. The number of halogens is 1. The summed E-state index contributed by atoms with van der Waals surface area (Å²) in [5, 5.41) is 6.40. The van der Waals surface area contributed by atoms with Gasteiger partial charge >= 0.3 is 0 Å². The van der Waals surface area contributed by atoms with Gasteiger partial charge < -0.3 is 15.5 Å². The highest BCUT2D eigenvalue weighted by molar-refractivity contribution is 7.90. The van der Waals surface area contributed by atoms with Crippen LogP contribution in [0, 0.1) is 5.82 Å². The van der Waals surface area contributed by atoms with Gasteiger partial charge in [-0.1, -0.05) is 12.1 Å². The molecule has 0 aliphatic carbocycles. The van der Waals surface area contributed by atoms with E-state index in [1.165, 1.54) is 18.4 Å². The molecule has 26 heavy (non-hydrogen) atoms. The van der Waals surface area contributed by atoms with E-state index in [2.05, 4.69) is 20.5 Å². The lowest BCUT2D eigenvalue weighted by molar-refractivity contribution is 0.336. The summed E-state index contributed by atoms with van der Waals surface area (Å²) in [4.78, 5) is 6.66. The highest BCUT2D eigenvalue weighted by Crippen LogP contribution is 2.05. The zero-order chi connectivity index (χ0) is 19.6. The third-order valence-electron chi connectivity index (χ3n) is 3.77. The molecule has 1 unspecified atom stereocenters. The minimum absolute atomic E-state index is 0.0134. The van der Waals surface area contributed by atoms with E-state index in [1.807, 2.05) is 20.9 Å². The SMILES string of the molecule is CCNC(=NCCN(C)Cc1ccc(F)cc1)NC(C)CCS(C)(=O)=O. The number of benzene rings is 1. The van der Waals surface area contributed by atoms with Crippen molar-refractivity contribution in [3.63, 3.8) is 0 Å². The van der Waals surface area contributed by atoms with Crippen molar-refractivity contribution in [1.29, 1.82) is 0 Å². The monoisotopic (exact) mass is 386 g/mol. The molecule has 2 N–H and O–H groups in total. The van der Waals surface area contributed by atoms with Crippen LogP contribution >= 0.6 is 0 Å². The molecular weight excluding hydrogens is 355 g/mol. The molecule has 6 nitrogen and oxygen atoms in total. The van der Waals surface area contributed by atoms with Crippen LogP contribution < -0.4 is 10.6 Å². The lowest BCUT2D eigenvalue weighted by Gasteiger charge is -2.19. The molecule has 1 aromatic carbocycles. The van der Waals surface area contributed by atoms with Crippen molar-refractivity contribution >= 4 is 15.8 Å². The summed E-state index contributed by atoms with van der Waals surface area (Å²) in [6.45, 7) is 6.75. The molecule has 0 amide bonds. The number of aliphatic imine (C=N–C) groups is 1. The highest BCUT2D eigenvalue weighted by Gasteiger charge is 2.09. The van der Waals surface area contributed by atoms with Crippen LogP contribution in [0.5, 0.6) is 0 Å². The van der Waals surface area contributed by atoms with Gasteiger partial charge in [0.25, 0.3) is 0 Å². The molecule has 1 aromatic rings. The van der Waals surface area contributed by atoms with Gasteiger partial charge in [0.2, 0.25) is 0 Å². The van der Waals surface area contributed by atoms with Crippen LogP contribution in [0.2, 0.25) is 0 Å². The van der Waals surface area contributed by atoms with E-state index in [1.54, 1.807) is 12.1 Å². The van der Waals surface area contributed by atoms with E-state index in [9.17, 15) is 12.8 Å². The van der Waals surface area contributed by atoms with Crippen LogP contribution in [-0.2, 0) is 16.4 Å². The lowest BCUT2D eigenvalue weighted by atomic mass is 10.2. The van der Waals surface area contributed by atoms with Gasteiger partial charge in [-0.3, -0.25) is 4.99 Å². The molecule has 0 heterocycles. The Labute approximate surface area is 156 Å². The Kier molecular flexibility index (Phi) is 9.58. The Balaban J connectivity index is 2.45. The van der Waals surface area contributed by atoms with Crippen molar-refractivity contribution < 1.29 is 12.8 Å². The fourth-order valence-corrected chi connectivity index (χ4v) is 3.11. The van der Waals surface area contributed by atoms with Crippen molar-refractivity contribution in [1.82, 2.24) is 15.5 Å². The van der Waals surface area contributed by atoms with Gasteiger partial charge in [-0.25, -0.2) is 12.8 Å². The molecule has 0 aromatic heterocycles. The summed E-state index contributed by atoms with van der Waals surface area (Å²) in [5.74, 6) is 0.608. The van der Waals surface area contributed by atoms with Crippen LogP contribution in [-0.4, -0.2) is 64.0 Å². The zero-order valence-electron chi connectivity index (χ0n) is 16.1. The number of hydrogen-bond donors (Lipinski definition) is 2. The normalized spacial score (nSPS) is 13.7. The van der Waals surface area contributed by atoms with Crippen molar-refractivity contribution in [2.24, 2.45) is 4.99 Å². The molecule has 1 atom stereocenters. The van der Waals surface area contributed by atoms with Gasteiger partial charge in [0.1, 0.15) is 15.7 Å². The number of likely N-dealkylation sites (N-methyl/N-ethyl adjacent to an activating group) is 1. The molecule has 0 radical (unpaired) electrons.